The highest BCUT2D eigenvalue weighted by Crippen LogP contribution is 2.08. The van der Waals surface area contributed by atoms with E-state index < -0.39 is 0 Å². The van der Waals surface area contributed by atoms with Crippen LogP contribution in [0.5, 0.6) is 0 Å². The Kier molecular flexibility index (Phi) is 8.63. The van der Waals surface area contributed by atoms with Gasteiger partial charge in [0.2, 0.25) is 5.91 Å². The van der Waals surface area contributed by atoms with Crippen LogP contribution < -0.4 is 10.6 Å². The fraction of sp³-hybridized carbons (Fsp3) is 0.438. The Labute approximate surface area is 127 Å². The van der Waals surface area contributed by atoms with Crippen LogP contribution in [-0.2, 0) is 4.79 Å². The number of benzene rings is 1. The van der Waals surface area contributed by atoms with E-state index in [-0.39, 0.29) is 11.7 Å². The van der Waals surface area contributed by atoms with Gasteiger partial charge in [-0.3, -0.25) is 4.79 Å². The zero-order valence-corrected chi connectivity index (χ0v) is 12.8. The summed E-state index contributed by atoms with van der Waals surface area (Å²) in [6, 6.07) is 10.1. The number of rotatable bonds is 10. The van der Waals surface area contributed by atoms with E-state index in [1.165, 1.54) is 0 Å². The predicted octanol–water partition coefficient (Wildman–Crippen LogP) is 2.85. The third-order valence-corrected chi connectivity index (χ3v) is 3.32. The van der Waals surface area contributed by atoms with Gasteiger partial charge in [0.1, 0.15) is 0 Å². The van der Waals surface area contributed by atoms with Gasteiger partial charge >= 0.3 is 0 Å². The van der Waals surface area contributed by atoms with E-state index in [0.717, 1.165) is 50.0 Å². The highest BCUT2D eigenvalue weighted by Gasteiger charge is 1.97. The van der Waals surface area contributed by atoms with Crippen LogP contribution in [0, 0.1) is 0 Å². The van der Waals surface area contributed by atoms with E-state index in [9.17, 15) is 4.79 Å². The van der Waals surface area contributed by atoms with E-state index in [0.29, 0.717) is 0 Å². The van der Waals surface area contributed by atoms with Gasteiger partial charge in [0.25, 0.3) is 0 Å². The largest absolute Gasteiger partial charge is 0.385 e. The summed E-state index contributed by atoms with van der Waals surface area (Å²) in [5, 5.41) is 6.16. The van der Waals surface area contributed by atoms with Crippen LogP contribution in [-0.4, -0.2) is 24.7 Å². The zero-order chi connectivity index (χ0) is 14.6. The summed E-state index contributed by atoms with van der Waals surface area (Å²) in [4.78, 5) is 10.9. The zero-order valence-electron chi connectivity index (χ0n) is 11.9. The predicted molar refractivity (Wildman–Crippen MR) is 88.8 cm³/mol. The number of nitrogens with one attached hydrogen (secondary N) is 2. The maximum atomic E-state index is 10.9. The minimum Gasteiger partial charge on any atom is -0.385 e. The fourth-order valence-corrected chi connectivity index (χ4v) is 1.98. The highest BCUT2D eigenvalue weighted by atomic mass is 32.1. The van der Waals surface area contributed by atoms with Crippen molar-refractivity contribution >= 4 is 24.2 Å². The minimum absolute atomic E-state index is 0.00848. The van der Waals surface area contributed by atoms with Gasteiger partial charge in [0.05, 0.1) is 5.75 Å². The first-order valence-electron chi connectivity index (χ1n) is 7.10. The lowest BCUT2D eigenvalue weighted by Gasteiger charge is -2.09. The van der Waals surface area contributed by atoms with Crippen LogP contribution in [0.3, 0.4) is 0 Å². The van der Waals surface area contributed by atoms with Crippen molar-refractivity contribution in [2.45, 2.75) is 25.7 Å². The van der Waals surface area contributed by atoms with Gasteiger partial charge in [0.15, 0.2) is 0 Å². The standard InChI is InChI=1S/C16H24N2OS/c1-14(15-9-5-4-6-10-15)17-11-7-2-3-8-12-18-16(19)13-20/h4-6,9-10,17,20H,1-3,7-8,11-13H2,(H,18,19). The van der Waals surface area contributed by atoms with E-state index in [1.807, 2.05) is 18.2 Å². The van der Waals surface area contributed by atoms with Gasteiger partial charge in [-0.1, -0.05) is 49.8 Å². The molecule has 2 N–H and O–H groups in total. The Morgan fingerprint density at radius 2 is 1.60 bits per heavy atom. The molecular weight excluding hydrogens is 268 g/mol. The van der Waals surface area contributed by atoms with Crippen LogP contribution in [0.25, 0.3) is 5.70 Å². The molecule has 3 nitrogen and oxygen atoms in total. The molecule has 0 spiro atoms. The van der Waals surface area contributed by atoms with Crippen LogP contribution >= 0.6 is 12.6 Å². The van der Waals surface area contributed by atoms with Gasteiger partial charge in [-0.15, -0.1) is 0 Å². The molecule has 1 aromatic rings. The lowest BCUT2D eigenvalue weighted by molar-refractivity contribution is -0.118. The van der Waals surface area contributed by atoms with Crippen molar-refractivity contribution in [2.24, 2.45) is 0 Å². The molecule has 0 aromatic heterocycles. The fourth-order valence-electron chi connectivity index (χ4n) is 1.87. The summed E-state index contributed by atoms with van der Waals surface area (Å²) in [5.74, 6) is 0.278. The van der Waals surface area contributed by atoms with Crippen LogP contribution in [0.2, 0.25) is 0 Å². The normalized spacial score (nSPS) is 10.1. The second-order valence-electron chi connectivity index (χ2n) is 4.69. The molecule has 0 heterocycles. The third kappa shape index (κ3) is 7.24. The number of carbonyl (C=O) groups is 1. The molecule has 0 saturated carbocycles. The lowest BCUT2D eigenvalue weighted by atomic mass is 10.1. The Balaban J connectivity index is 1.97. The first kappa shape index (κ1) is 16.6. The van der Waals surface area contributed by atoms with Gasteiger partial charge in [-0.05, 0) is 18.4 Å². The average molecular weight is 292 g/mol. The maximum absolute atomic E-state index is 10.9. The molecule has 0 bridgehead atoms. The summed E-state index contributed by atoms with van der Waals surface area (Å²) >= 11 is 3.91. The second kappa shape index (κ2) is 10.4. The number of thiol groups is 1. The van der Waals surface area contributed by atoms with Crippen molar-refractivity contribution in [1.82, 2.24) is 10.6 Å². The second-order valence-corrected chi connectivity index (χ2v) is 5.01. The van der Waals surface area contributed by atoms with Crippen molar-refractivity contribution in [3.8, 4) is 0 Å². The first-order valence-corrected chi connectivity index (χ1v) is 7.73. The van der Waals surface area contributed by atoms with E-state index in [4.69, 9.17) is 0 Å². The number of hydrogen-bond acceptors (Lipinski definition) is 3. The van der Waals surface area contributed by atoms with Crippen molar-refractivity contribution in [2.75, 3.05) is 18.8 Å². The van der Waals surface area contributed by atoms with Gasteiger partial charge in [-0.25, -0.2) is 0 Å². The molecule has 0 saturated heterocycles. The maximum Gasteiger partial charge on any atom is 0.229 e. The summed E-state index contributed by atoms with van der Waals surface area (Å²) in [7, 11) is 0. The molecule has 0 aliphatic rings. The highest BCUT2D eigenvalue weighted by molar-refractivity contribution is 7.81. The van der Waals surface area contributed by atoms with Crippen LogP contribution in [0.15, 0.2) is 36.9 Å². The molecule has 0 radical (unpaired) electrons. The van der Waals surface area contributed by atoms with Crippen molar-refractivity contribution in [3.63, 3.8) is 0 Å². The molecule has 0 fully saturated rings. The summed E-state index contributed by atoms with van der Waals surface area (Å²) in [5.41, 5.74) is 2.12. The van der Waals surface area contributed by atoms with Crippen LogP contribution in [0.4, 0.5) is 0 Å². The van der Waals surface area contributed by atoms with Gasteiger partial charge < -0.3 is 10.6 Å². The molecule has 1 aromatic carbocycles. The van der Waals surface area contributed by atoms with Crippen molar-refractivity contribution < 1.29 is 4.79 Å². The van der Waals surface area contributed by atoms with Gasteiger partial charge in [0, 0.05) is 18.8 Å². The molecular formula is C16H24N2OS. The molecule has 20 heavy (non-hydrogen) atoms. The van der Waals surface area contributed by atoms with E-state index in [2.05, 4.69) is 42.0 Å². The smallest absolute Gasteiger partial charge is 0.229 e. The van der Waals surface area contributed by atoms with E-state index >= 15 is 0 Å². The first-order chi connectivity index (χ1) is 9.74. The Morgan fingerprint density at radius 3 is 2.20 bits per heavy atom. The average Bonchev–Trinajstić information content (AvgIpc) is 2.50. The van der Waals surface area contributed by atoms with Crippen LogP contribution in [0.1, 0.15) is 31.2 Å². The Morgan fingerprint density at radius 1 is 1.00 bits per heavy atom. The Bertz CT molecular complexity index is 406. The Hall–Kier alpha value is -1.42. The molecule has 1 rings (SSSR count). The summed E-state index contributed by atoms with van der Waals surface area (Å²) in [6.45, 7) is 5.73. The van der Waals surface area contributed by atoms with Gasteiger partial charge in [-0.2, -0.15) is 12.6 Å². The number of hydrogen-bond donors (Lipinski definition) is 3. The van der Waals surface area contributed by atoms with Crippen molar-refractivity contribution in [3.05, 3.63) is 42.5 Å². The van der Waals surface area contributed by atoms with Crippen molar-refractivity contribution in [1.29, 1.82) is 0 Å². The molecule has 0 unspecified atom stereocenters. The monoisotopic (exact) mass is 292 g/mol. The molecule has 110 valence electrons. The molecule has 0 aliphatic heterocycles. The topological polar surface area (TPSA) is 41.1 Å². The quantitative estimate of drug-likeness (QED) is 0.458. The minimum atomic E-state index is 0.00848. The van der Waals surface area contributed by atoms with E-state index in [1.54, 1.807) is 0 Å². The lowest BCUT2D eigenvalue weighted by Crippen LogP contribution is -2.25. The molecule has 4 heteroatoms. The SMILES string of the molecule is C=C(NCCCCCCNC(=O)CS)c1ccccc1. The third-order valence-electron chi connectivity index (χ3n) is 3.03. The number of unbranched alkanes of at least 4 members (excludes halogenated alkanes) is 3. The summed E-state index contributed by atoms with van der Waals surface area (Å²) < 4.78 is 0. The number of carbonyl (C=O) groups excluding carboxylic acids is 1. The molecule has 1 amide bonds. The molecule has 0 aliphatic carbocycles. The molecule has 0 atom stereocenters. The summed E-state index contributed by atoms with van der Waals surface area (Å²) in [6.07, 6.45) is 4.43. The number of amides is 1.